The molecule has 0 saturated carbocycles. The molecule has 5 nitrogen and oxygen atoms in total. The largest absolute Gasteiger partial charge is 0.493 e. The maximum atomic E-state index is 12.4. The van der Waals surface area contributed by atoms with Crippen LogP contribution in [0.3, 0.4) is 0 Å². The van der Waals surface area contributed by atoms with Gasteiger partial charge in [0.25, 0.3) is 0 Å². The molecule has 6 heteroatoms. The van der Waals surface area contributed by atoms with E-state index in [9.17, 15) is 4.79 Å². The van der Waals surface area contributed by atoms with Gasteiger partial charge in [-0.05, 0) is 31.2 Å². The number of hydrogen-bond donors (Lipinski definition) is 1. The van der Waals surface area contributed by atoms with Crippen molar-refractivity contribution in [3.63, 3.8) is 0 Å². The number of hydrogen-bond acceptors (Lipinski definition) is 5. The fraction of sp³-hybridized carbons (Fsp3) is 0.316. The predicted molar refractivity (Wildman–Crippen MR) is 99.7 cm³/mol. The molecule has 1 amide bonds. The van der Waals surface area contributed by atoms with Crippen molar-refractivity contribution in [2.45, 2.75) is 23.6 Å². The van der Waals surface area contributed by atoms with E-state index in [0.29, 0.717) is 23.8 Å². The molecule has 0 heterocycles. The normalized spacial score (nSPS) is 11.5. The minimum absolute atomic E-state index is 0.0364. The SMILES string of the molecule is COc1ccc(CNC(=O)[C@H](C)Sc2ccccc2)c(OC)c1OC. The molecule has 0 bridgehead atoms. The second-order valence-electron chi connectivity index (χ2n) is 5.28. The molecule has 0 fully saturated rings. The zero-order valence-corrected chi connectivity index (χ0v) is 15.7. The van der Waals surface area contributed by atoms with E-state index in [4.69, 9.17) is 14.2 Å². The zero-order valence-electron chi connectivity index (χ0n) is 14.9. The maximum absolute atomic E-state index is 12.4. The van der Waals surface area contributed by atoms with Crippen molar-refractivity contribution in [3.8, 4) is 17.2 Å². The number of benzene rings is 2. The first kappa shape index (κ1) is 19.0. The Hall–Kier alpha value is -2.34. The minimum Gasteiger partial charge on any atom is -0.493 e. The van der Waals surface area contributed by atoms with Crippen molar-refractivity contribution in [3.05, 3.63) is 48.0 Å². The summed E-state index contributed by atoms with van der Waals surface area (Å²) in [7, 11) is 4.69. The Morgan fingerprint density at radius 1 is 1.00 bits per heavy atom. The Labute approximate surface area is 152 Å². The number of nitrogens with one attached hydrogen (secondary N) is 1. The minimum atomic E-state index is -0.200. The molecule has 2 aromatic carbocycles. The Balaban J connectivity index is 2.04. The summed E-state index contributed by atoms with van der Waals surface area (Å²) in [5, 5.41) is 2.75. The molecule has 0 spiro atoms. The van der Waals surface area contributed by atoms with E-state index in [0.717, 1.165) is 10.5 Å². The van der Waals surface area contributed by atoms with Gasteiger partial charge in [0.2, 0.25) is 11.7 Å². The Morgan fingerprint density at radius 3 is 2.28 bits per heavy atom. The summed E-state index contributed by atoms with van der Waals surface area (Å²) in [5.41, 5.74) is 0.824. The van der Waals surface area contributed by atoms with E-state index in [1.54, 1.807) is 27.4 Å². The van der Waals surface area contributed by atoms with Crippen molar-refractivity contribution in [1.82, 2.24) is 5.32 Å². The van der Waals surface area contributed by atoms with E-state index in [1.807, 2.05) is 43.3 Å². The van der Waals surface area contributed by atoms with Crippen LogP contribution in [0.2, 0.25) is 0 Å². The number of amides is 1. The standard InChI is InChI=1S/C19H23NO4S/c1-13(25-15-8-6-5-7-9-15)19(21)20-12-14-10-11-16(22-2)18(24-4)17(14)23-3/h5-11,13H,12H2,1-4H3,(H,20,21)/t13-/m0/s1. The quantitative estimate of drug-likeness (QED) is 0.729. The molecule has 1 atom stereocenters. The number of thioether (sulfide) groups is 1. The van der Waals surface area contributed by atoms with E-state index in [2.05, 4.69) is 5.32 Å². The zero-order chi connectivity index (χ0) is 18.2. The second kappa shape index (κ2) is 9.22. The molecule has 0 aliphatic carbocycles. The smallest absolute Gasteiger partial charge is 0.233 e. The Morgan fingerprint density at radius 2 is 1.68 bits per heavy atom. The molecular weight excluding hydrogens is 338 g/mol. The van der Waals surface area contributed by atoms with Crippen LogP contribution in [0.1, 0.15) is 12.5 Å². The lowest BCUT2D eigenvalue weighted by molar-refractivity contribution is -0.120. The molecule has 2 rings (SSSR count). The summed E-state index contributed by atoms with van der Waals surface area (Å²) in [6, 6.07) is 13.5. The van der Waals surface area contributed by atoms with Crippen molar-refractivity contribution in [1.29, 1.82) is 0 Å². The molecule has 0 unspecified atom stereocenters. The molecule has 0 aliphatic rings. The summed E-state index contributed by atoms with van der Waals surface area (Å²) in [6.07, 6.45) is 0. The third kappa shape index (κ3) is 4.82. The third-order valence-corrected chi connectivity index (χ3v) is 4.78. The molecule has 25 heavy (non-hydrogen) atoms. The molecule has 0 radical (unpaired) electrons. The highest BCUT2D eigenvalue weighted by Gasteiger charge is 2.18. The summed E-state index contributed by atoms with van der Waals surface area (Å²) in [4.78, 5) is 13.4. The highest BCUT2D eigenvalue weighted by molar-refractivity contribution is 8.00. The first-order chi connectivity index (χ1) is 12.1. The van der Waals surface area contributed by atoms with Gasteiger partial charge in [-0.2, -0.15) is 0 Å². The van der Waals surface area contributed by atoms with Gasteiger partial charge in [-0.15, -0.1) is 11.8 Å². The van der Waals surface area contributed by atoms with Gasteiger partial charge in [0.05, 0.1) is 26.6 Å². The highest BCUT2D eigenvalue weighted by Crippen LogP contribution is 2.39. The van der Waals surface area contributed by atoms with Crippen LogP contribution in [0.15, 0.2) is 47.4 Å². The monoisotopic (exact) mass is 361 g/mol. The van der Waals surface area contributed by atoms with Gasteiger partial charge in [0.1, 0.15) is 0 Å². The number of methoxy groups -OCH3 is 3. The van der Waals surface area contributed by atoms with Crippen molar-refractivity contribution < 1.29 is 19.0 Å². The fourth-order valence-corrected chi connectivity index (χ4v) is 3.30. The van der Waals surface area contributed by atoms with Gasteiger partial charge in [0.15, 0.2) is 11.5 Å². The van der Waals surface area contributed by atoms with Crippen molar-refractivity contribution in [2.75, 3.05) is 21.3 Å². The molecule has 1 N–H and O–H groups in total. The highest BCUT2D eigenvalue weighted by atomic mass is 32.2. The van der Waals surface area contributed by atoms with Gasteiger partial charge in [-0.3, -0.25) is 4.79 Å². The summed E-state index contributed by atoms with van der Waals surface area (Å²) in [5.74, 6) is 1.63. The first-order valence-corrected chi connectivity index (χ1v) is 8.76. The summed E-state index contributed by atoms with van der Waals surface area (Å²) >= 11 is 1.52. The van der Waals surface area contributed by atoms with Crippen LogP contribution in [0.4, 0.5) is 0 Å². The summed E-state index contributed by atoms with van der Waals surface area (Å²) < 4.78 is 16.1. The molecule has 134 valence electrons. The maximum Gasteiger partial charge on any atom is 0.233 e. The van der Waals surface area contributed by atoms with Gasteiger partial charge < -0.3 is 19.5 Å². The van der Waals surface area contributed by atoms with Crippen LogP contribution in [-0.4, -0.2) is 32.5 Å². The lowest BCUT2D eigenvalue weighted by Gasteiger charge is -2.17. The van der Waals surface area contributed by atoms with E-state index < -0.39 is 0 Å². The van der Waals surface area contributed by atoms with Crippen LogP contribution in [0.5, 0.6) is 17.2 Å². The van der Waals surface area contributed by atoms with Crippen LogP contribution in [0, 0.1) is 0 Å². The molecule has 0 saturated heterocycles. The van der Waals surface area contributed by atoms with Crippen LogP contribution >= 0.6 is 11.8 Å². The summed E-state index contributed by atoms with van der Waals surface area (Å²) in [6.45, 7) is 2.24. The van der Waals surface area contributed by atoms with Gasteiger partial charge in [0, 0.05) is 17.0 Å². The predicted octanol–water partition coefficient (Wildman–Crippen LogP) is 3.51. The topological polar surface area (TPSA) is 56.8 Å². The van der Waals surface area contributed by atoms with E-state index >= 15 is 0 Å². The average molecular weight is 361 g/mol. The number of carbonyl (C=O) groups excluding carboxylic acids is 1. The van der Waals surface area contributed by atoms with E-state index in [1.165, 1.54) is 11.8 Å². The number of rotatable bonds is 8. The van der Waals surface area contributed by atoms with Crippen molar-refractivity contribution in [2.24, 2.45) is 0 Å². The van der Waals surface area contributed by atoms with E-state index in [-0.39, 0.29) is 11.2 Å². The Bertz CT molecular complexity index is 706. The molecule has 2 aromatic rings. The Kier molecular flexibility index (Phi) is 7.01. The lowest BCUT2D eigenvalue weighted by atomic mass is 10.1. The lowest BCUT2D eigenvalue weighted by Crippen LogP contribution is -2.30. The van der Waals surface area contributed by atoms with Crippen LogP contribution in [-0.2, 0) is 11.3 Å². The van der Waals surface area contributed by atoms with Crippen LogP contribution < -0.4 is 19.5 Å². The number of ether oxygens (including phenoxy) is 3. The first-order valence-electron chi connectivity index (χ1n) is 7.88. The second-order valence-corrected chi connectivity index (χ2v) is 6.70. The fourth-order valence-electron chi connectivity index (χ4n) is 2.39. The molecule has 0 aliphatic heterocycles. The van der Waals surface area contributed by atoms with Crippen LogP contribution in [0.25, 0.3) is 0 Å². The van der Waals surface area contributed by atoms with Gasteiger partial charge >= 0.3 is 0 Å². The molecular formula is C19H23NO4S. The molecule has 0 aromatic heterocycles. The van der Waals surface area contributed by atoms with Crippen molar-refractivity contribution >= 4 is 17.7 Å². The van der Waals surface area contributed by atoms with Gasteiger partial charge in [-0.1, -0.05) is 18.2 Å². The van der Waals surface area contributed by atoms with Gasteiger partial charge in [-0.25, -0.2) is 0 Å². The third-order valence-electron chi connectivity index (χ3n) is 3.66. The number of carbonyl (C=O) groups is 1. The average Bonchev–Trinajstić information content (AvgIpc) is 2.65.